The van der Waals surface area contributed by atoms with Crippen LogP contribution < -0.4 is 10.6 Å². The van der Waals surface area contributed by atoms with Crippen LogP contribution in [0.2, 0.25) is 0 Å². The van der Waals surface area contributed by atoms with Crippen LogP contribution in [0.1, 0.15) is 20.3 Å². The van der Waals surface area contributed by atoms with Crippen molar-refractivity contribution in [2.75, 3.05) is 33.0 Å². The second-order valence-corrected chi connectivity index (χ2v) is 16.8. The molecular formula is C37H62N2O29. The highest BCUT2D eigenvalue weighted by Crippen LogP contribution is 2.39. The summed E-state index contributed by atoms with van der Waals surface area (Å²) in [5.41, 5.74) is 0. The predicted octanol–water partition coefficient (Wildman–Crippen LogP) is -12.4. The van der Waals surface area contributed by atoms with Crippen molar-refractivity contribution in [3.05, 3.63) is 0 Å². The predicted molar refractivity (Wildman–Crippen MR) is 207 cm³/mol. The number of rotatable bonds is 18. The molecule has 31 nitrogen and oxygen atoms in total. The Balaban J connectivity index is 1.45. The minimum atomic E-state index is -3.19. The summed E-state index contributed by atoms with van der Waals surface area (Å²) < 4.78 is 50.7. The lowest BCUT2D eigenvalue weighted by Crippen LogP contribution is -2.71. The van der Waals surface area contributed by atoms with Gasteiger partial charge in [-0.15, -0.1) is 0 Å². The van der Waals surface area contributed by atoms with Gasteiger partial charge < -0.3 is 140 Å². The smallest absolute Gasteiger partial charge is 0.364 e. The van der Waals surface area contributed by atoms with Crippen molar-refractivity contribution < 1.29 is 144 Å². The first-order chi connectivity index (χ1) is 32.0. The van der Waals surface area contributed by atoms with Crippen LogP contribution in [0.4, 0.5) is 0 Å². The van der Waals surface area contributed by atoms with E-state index >= 15 is 0 Å². The van der Waals surface area contributed by atoms with Crippen molar-refractivity contribution in [2.45, 2.75) is 179 Å². The maximum absolute atomic E-state index is 13.0. The molecule has 5 aliphatic rings. The third kappa shape index (κ3) is 11.8. The van der Waals surface area contributed by atoms with Crippen LogP contribution in [-0.2, 0) is 57.0 Å². The number of carboxylic acids is 1. The van der Waals surface area contributed by atoms with E-state index in [1.165, 1.54) is 0 Å². The molecule has 394 valence electrons. The van der Waals surface area contributed by atoms with Crippen LogP contribution in [0.3, 0.4) is 0 Å². The molecular weight excluding hydrogens is 936 g/mol. The van der Waals surface area contributed by atoms with Gasteiger partial charge in [0.2, 0.25) is 11.8 Å². The molecule has 5 rings (SSSR count). The molecule has 5 aliphatic heterocycles. The van der Waals surface area contributed by atoms with E-state index < -0.39 is 216 Å². The molecule has 68 heavy (non-hydrogen) atoms. The Labute approximate surface area is 384 Å². The quantitative estimate of drug-likeness (QED) is 0.0606. The molecule has 26 atom stereocenters. The number of ether oxygens (including phenoxy) is 9. The highest BCUT2D eigenvalue weighted by Gasteiger charge is 2.61. The zero-order valence-electron chi connectivity index (χ0n) is 36.2. The van der Waals surface area contributed by atoms with Crippen LogP contribution in [0.15, 0.2) is 0 Å². The number of hydrogen-bond acceptors (Lipinski definition) is 28. The molecule has 0 aromatic carbocycles. The fourth-order valence-corrected chi connectivity index (χ4v) is 8.53. The molecule has 0 bridgehead atoms. The lowest BCUT2D eigenvalue weighted by atomic mass is 9.88. The average Bonchev–Trinajstić information content (AvgIpc) is 3.29. The molecule has 0 aromatic heterocycles. The van der Waals surface area contributed by atoms with E-state index in [0.29, 0.717) is 0 Å². The highest BCUT2D eigenvalue weighted by atomic mass is 16.8. The van der Waals surface area contributed by atoms with E-state index in [1.54, 1.807) is 0 Å². The number of carboxylic acid groups (broad SMARTS) is 1. The molecule has 19 N–H and O–H groups in total. The number of aliphatic carboxylic acids is 1. The summed E-state index contributed by atoms with van der Waals surface area (Å²) in [5, 5.41) is 185. The summed E-state index contributed by atoms with van der Waals surface area (Å²) in [5.74, 6) is -6.99. The van der Waals surface area contributed by atoms with Gasteiger partial charge in [-0.25, -0.2) is 4.79 Å². The molecule has 31 heteroatoms. The summed E-state index contributed by atoms with van der Waals surface area (Å²) in [6, 6.07) is -3.51. The molecule has 0 unspecified atom stereocenters. The van der Waals surface area contributed by atoms with Crippen LogP contribution in [0.5, 0.6) is 0 Å². The summed E-state index contributed by atoms with van der Waals surface area (Å²) in [4.78, 5) is 37.7. The maximum atomic E-state index is 13.0. The van der Waals surface area contributed by atoms with E-state index in [-0.39, 0.29) is 0 Å². The Morgan fingerprint density at radius 1 is 0.574 bits per heavy atom. The van der Waals surface area contributed by atoms with Gasteiger partial charge in [-0.1, -0.05) is 0 Å². The van der Waals surface area contributed by atoms with Crippen molar-refractivity contribution in [1.82, 2.24) is 10.6 Å². The fraction of sp³-hybridized carbons (Fsp3) is 0.919. The van der Waals surface area contributed by atoms with Gasteiger partial charge in [-0.3, -0.25) is 9.59 Å². The fourth-order valence-electron chi connectivity index (χ4n) is 8.53. The van der Waals surface area contributed by atoms with E-state index in [0.717, 1.165) is 13.8 Å². The van der Waals surface area contributed by atoms with Crippen molar-refractivity contribution in [3.8, 4) is 0 Å². The van der Waals surface area contributed by atoms with Gasteiger partial charge in [0.05, 0.1) is 45.2 Å². The largest absolute Gasteiger partial charge is 0.477 e. The van der Waals surface area contributed by atoms with Crippen molar-refractivity contribution in [1.29, 1.82) is 0 Å². The molecule has 0 saturated carbocycles. The second kappa shape index (κ2) is 23.8. The Bertz CT molecular complexity index is 1660. The monoisotopic (exact) mass is 998 g/mol. The van der Waals surface area contributed by atoms with Crippen LogP contribution in [0.25, 0.3) is 0 Å². The zero-order chi connectivity index (χ0) is 50.7. The van der Waals surface area contributed by atoms with Gasteiger partial charge in [0.25, 0.3) is 5.79 Å². The molecule has 0 aromatic rings. The van der Waals surface area contributed by atoms with Crippen LogP contribution in [0, 0.1) is 0 Å². The second-order valence-electron chi connectivity index (χ2n) is 16.8. The number of hydrogen-bond donors (Lipinski definition) is 19. The Kier molecular flexibility index (Phi) is 19.7. The van der Waals surface area contributed by atoms with Gasteiger partial charge in [0.1, 0.15) is 116 Å². The number of nitrogens with one attached hydrogen (secondary N) is 2. The summed E-state index contributed by atoms with van der Waals surface area (Å²) >= 11 is 0. The van der Waals surface area contributed by atoms with E-state index in [1.807, 2.05) is 0 Å². The minimum absolute atomic E-state index is 0.818. The SMILES string of the molecule is CC(=O)N[C@H]1[C@H](O[C@H]2[C@@H](O)[C@@H](CO)O[C@@H](O[C@H]3[C@H](O)[C@@H](O)[C@@H](O)O[C@@H]3CO)[C@@H]2O)O[C@H](CO)[C@@H](O)[C@@H]1O[C@@H]1O[C@H](CO)[C@H](O)[C@H](O[C@@]2(C(=O)O)C[C@H](O)[C@@H](NC(C)=O)[C@H]([C@H](O)[C@H](O)CO)O2)[C@H]1O. The summed E-state index contributed by atoms with van der Waals surface area (Å²) in [7, 11) is 0. The number of carbonyl (C=O) groups excluding carboxylic acids is 2. The number of amides is 2. The van der Waals surface area contributed by atoms with Crippen LogP contribution in [-0.4, -0.2) is 297 Å². The summed E-state index contributed by atoms with van der Waals surface area (Å²) in [6.07, 6.45) is -47.6. The van der Waals surface area contributed by atoms with E-state index in [4.69, 9.17) is 42.6 Å². The topological polar surface area (TPSA) is 502 Å². The molecule has 5 fully saturated rings. The third-order valence-electron chi connectivity index (χ3n) is 12.1. The lowest BCUT2D eigenvalue weighted by molar-refractivity contribution is -0.389. The van der Waals surface area contributed by atoms with Gasteiger partial charge in [0, 0.05) is 20.3 Å². The minimum Gasteiger partial charge on any atom is -0.477 e. The Hall–Kier alpha value is -2.59. The first-order valence-electron chi connectivity index (χ1n) is 21.2. The van der Waals surface area contributed by atoms with Gasteiger partial charge in [-0.05, 0) is 0 Å². The molecule has 0 radical (unpaired) electrons. The van der Waals surface area contributed by atoms with Crippen molar-refractivity contribution >= 4 is 17.8 Å². The number of aliphatic hydroxyl groups excluding tert-OH is 16. The Morgan fingerprint density at radius 3 is 1.53 bits per heavy atom. The van der Waals surface area contributed by atoms with Crippen molar-refractivity contribution in [3.63, 3.8) is 0 Å². The molecule has 5 saturated heterocycles. The normalized spacial score (nSPS) is 46.6. The molecule has 5 heterocycles. The Morgan fingerprint density at radius 2 is 1.03 bits per heavy atom. The molecule has 2 amide bonds. The lowest BCUT2D eigenvalue weighted by Gasteiger charge is -2.51. The molecule has 0 spiro atoms. The van der Waals surface area contributed by atoms with Gasteiger partial charge >= 0.3 is 5.97 Å². The standard InChI is InChI=1S/C37H62N2O29/c1-9(45)38-17-11(47)3-37(36(58)59,67-29(17)19(49)12(48)4-40)68-31-22(52)15(7-43)63-35(26(31)56)65-28-18(39-10(2)46)33(61-13(5-41)20(28)50)66-30-21(51)14(6-42)62-34(25(30)55)64-27-16(8-44)60-32(57)24(54)23(27)53/h11-35,40-44,47-57H,3-8H2,1-2H3,(H,38,45)(H,39,46)(H,58,59)/t11-,12+,13+,14+,15+,16+,17+,18+,19+,20+,21-,22-,23+,24+,25+,26+,27+,28+,29+,30-,31-,32-,33-,34-,35-,37+/m0/s1. The van der Waals surface area contributed by atoms with Gasteiger partial charge in [0.15, 0.2) is 25.2 Å². The number of carbonyl (C=O) groups is 3. The van der Waals surface area contributed by atoms with Gasteiger partial charge in [-0.2, -0.15) is 0 Å². The van der Waals surface area contributed by atoms with E-state index in [2.05, 4.69) is 10.6 Å². The van der Waals surface area contributed by atoms with Crippen molar-refractivity contribution in [2.24, 2.45) is 0 Å². The maximum Gasteiger partial charge on any atom is 0.364 e. The van der Waals surface area contributed by atoms with E-state index in [9.17, 15) is 101 Å². The average molecular weight is 999 g/mol. The third-order valence-corrected chi connectivity index (χ3v) is 12.1. The first kappa shape index (κ1) is 56.3. The molecule has 0 aliphatic carbocycles. The number of aliphatic hydroxyl groups is 16. The van der Waals surface area contributed by atoms with Crippen LogP contribution >= 0.6 is 0 Å². The highest BCUT2D eigenvalue weighted by molar-refractivity contribution is 5.76. The summed E-state index contributed by atoms with van der Waals surface area (Å²) in [6.45, 7) is -3.28. The zero-order valence-corrected chi connectivity index (χ0v) is 36.2. The first-order valence-corrected chi connectivity index (χ1v) is 21.2.